The smallest absolute Gasteiger partial charge is 0.257 e. The van der Waals surface area contributed by atoms with Crippen LogP contribution < -0.4 is 10.1 Å². The summed E-state index contributed by atoms with van der Waals surface area (Å²) in [6.07, 6.45) is 3.09. The molecular formula is C38H31F3N6O3S. The maximum absolute atomic E-state index is 15.6. The van der Waals surface area contributed by atoms with E-state index < -0.39 is 18.0 Å². The number of hydrogen-bond acceptors (Lipinski definition) is 9. The molecule has 4 aromatic heterocycles. The Morgan fingerprint density at radius 1 is 1.06 bits per heavy atom. The van der Waals surface area contributed by atoms with Crippen LogP contribution in [0, 0.1) is 18.6 Å². The van der Waals surface area contributed by atoms with Gasteiger partial charge in [0.05, 0.1) is 46.4 Å². The van der Waals surface area contributed by atoms with Crippen LogP contribution in [0.1, 0.15) is 69.3 Å². The number of rotatable bonds is 8. The second-order valence-electron chi connectivity index (χ2n) is 13.2. The molecular weight excluding hydrogens is 678 g/mol. The molecule has 1 N–H and O–H groups in total. The van der Waals surface area contributed by atoms with Crippen LogP contribution in [-0.2, 0) is 19.3 Å². The molecule has 0 bridgehead atoms. The summed E-state index contributed by atoms with van der Waals surface area (Å²) in [5, 5.41) is 12.7. The maximum atomic E-state index is 15.6. The van der Waals surface area contributed by atoms with Crippen molar-refractivity contribution in [2.75, 3.05) is 19.0 Å². The van der Waals surface area contributed by atoms with Crippen molar-refractivity contribution in [1.29, 1.82) is 0 Å². The van der Waals surface area contributed by atoms with E-state index in [1.165, 1.54) is 36.6 Å². The highest BCUT2D eigenvalue weighted by Crippen LogP contribution is 2.51. The summed E-state index contributed by atoms with van der Waals surface area (Å²) in [6, 6.07) is 12.3. The van der Waals surface area contributed by atoms with E-state index in [1.54, 1.807) is 31.3 Å². The zero-order chi connectivity index (χ0) is 35.0. The number of nitrogens with one attached hydrogen (secondary N) is 1. The number of anilines is 1. The normalized spacial score (nSPS) is 19.1. The number of methoxy groups -OCH3 is 1. The van der Waals surface area contributed by atoms with Gasteiger partial charge in [-0.15, -0.1) is 21.5 Å². The Bertz CT molecular complexity index is 2360. The van der Waals surface area contributed by atoms with Crippen LogP contribution in [0.15, 0.2) is 59.1 Å². The number of hydrogen-bond donors (Lipinski definition) is 1. The first-order valence-corrected chi connectivity index (χ1v) is 17.7. The van der Waals surface area contributed by atoms with Crippen LogP contribution >= 0.6 is 11.3 Å². The van der Waals surface area contributed by atoms with Gasteiger partial charge in [0.15, 0.2) is 11.6 Å². The molecule has 3 aliphatic rings. The zero-order valence-electron chi connectivity index (χ0n) is 27.7. The van der Waals surface area contributed by atoms with Crippen LogP contribution in [-0.4, -0.2) is 50.8 Å². The van der Waals surface area contributed by atoms with E-state index in [1.807, 2.05) is 17.0 Å². The molecule has 9 rings (SSSR count). The molecule has 51 heavy (non-hydrogen) atoms. The minimum absolute atomic E-state index is 0.0101. The van der Waals surface area contributed by atoms with Crippen molar-refractivity contribution in [1.82, 2.24) is 25.1 Å². The van der Waals surface area contributed by atoms with Crippen LogP contribution in [0.4, 0.5) is 19.0 Å². The second kappa shape index (κ2) is 12.2. The van der Waals surface area contributed by atoms with Gasteiger partial charge in [-0.05, 0) is 72.5 Å². The Morgan fingerprint density at radius 3 is 2.69 bits per heavy atom. The third-order valence-electron chi connectivity index (χ3n) is 10.2. The zero-order valence-corrected chi connectivity index (χ0v) is 28.5. The van der Waals surface area contributed by atoms with Crippen LogP contribution in [0.5, 0.6) is 5.75 Å². The van der Waals surface area contributed by atoms with Crippen molar-refractivity contribution in [2.24, 2.45) is 0 Å². The molecule has 0 spiro atoms. The number of carbonyl (C=O) groups is 1. The average molecular weight is 709 g/mol. The van der Waals surface area contributed by atoms with Crippen molar-refractivity contribution in [3.05, 3.63) is 106 Å². The highest BCUT2D eigenvalue weighted by molar-refractivity contribution is 7.23. The largest absolute Gasteiger partial charge is 0.493 e. The van der Waals surface area contributed by atoms with Gasteiger partial charge < -0.3 is 19.4 Å². The quantitative estimate of drug-likeness (QED) is 0.169. The predicted octanol–water partition coefficient (Wildman–Crippen LogP) is 8.13. The Morgan fingerprint density at radius 2 is 1.90 bits per heavy atom. The van der Waals surface area contributed by atoms with Crippen LogP contribution in [0.2, 0.25) is 0 Å². The van der Waals surface area contributed by atoms with Gasteiger partial charge in [0, 0.05) is 42.1 Å². The Balaban J connectivity index is 1.20. The number of amides is 1. The second-order valence-corrected chi connectivity index (χ2v) is 14.2. The topological polar surface area (TPSA) is 106 Å². The number of nitrogens with zero attached hydrogens (tertiary/aromatic N) is 5. The molecule has 9 nitrogen and oxygen atoms in total. The van der Waals surface area contributed by atoms with Crippen molar-refractivity contribution in [3.63, 3.8) is 0 Å². The number of pyridine rings is 2. The van der Waals surface area contributed by atoms with Gasteiger partial charge in [-0.25, -0.2) is 18.2 Å². The number of aryl methyl sites for hydroxylation is 3. The number of benzene rings is 2. The highest BCUT2D eigenvalue weighted by Gasteiger charge is 2.45. The number of carbonyl (C=O) groups excluding carboxylic acids is 1. The molecule has 2 aromatic carbocycles. The van der Waals surface area contributed by atoms with Crippen molar-refractivity contribution < 1.29 is 27.1 Å². The first kappa shape index (κ1) is 31.7. The van der Waals surface area contributed by atoms with Crippen molar-refractivity contribution in [3.8, 4) is 27.6 Å². The molecule has 258 valence electrons. The van der Waals surface area contributed by atoms with Crippen LogP contribution in [0.25, 0.3) is 32.0 Å². The third kappa shape index (κ3) is 5.16. The number of halogens is 3. The number of aromatic nitrogens is 4. The highest BCUT2D eigenvalue weighted by atomic mass is 32.1. The first-order chi connectivity index (χ1) is 24.8. The standard InChI is InChI=1S/C38H31F3N6O3S/c1-18-45-46-37(50-18)29-26(12-7-19-5-8-21(39)9-6-19)43-33-27-4-3-15-47(27)38(48)31(33)30(29)28-16-20-13-14-42-36(35(20)51-28)44-32-22-10-11-24(40)34(49-2)23(22)17-25(32)41/h5-6,8-11,13-14,16,25,27,32H,3-4,7,12,15,17H2,1-2H3,(H,42,44). The van der Waals surface area contributed by atoms with Gasteiger partial charge >= 0.3 is 0 Å². The molecule has 1 aliphatic carbocycles. The fourth-order valence-electron chi connectivity index (χ4n) is 7.87. The summed E-state index contributed by atoms with van der Waals surface area (Å²) in [5.41, 5.74) is 5.27. The van der Waals surface area contributed by atoms with E-state index in [4.69, 9.17) is 14.1 Å². The minimum atomic E-state index is -1.34. The van der Waals surface area contributed by atoms with E-state index in [0.29, 0.717) is 64.6 Å². The monoisotopic (exact) mass is 708 g/mol. The number of thiophene rings is 1. The molecule has 1 saturated heterocycles. The molecule has 6 aromatic rings. The minimum Gasteiger partial charge on any atom is -0.493 e. The summed E-state index contributed by atoms with van der Waals surface area (Å²) >= 11 is 1.43. The van der Waals surface area contributed by atoms with E-state index in [2.05, 4.69) is 20.5 Å². The molecule has 3 atom stereocenters. The lowest BCUT2D eigenvalue weighted by molar-refractivity contribution is 0.0776. The third-order valence-corrected chi connectivity index (χ3v) is 11.3. The number of ether oxygens (including phenoxy) is 1. The molecule has 6 heterocycles. The Kier molecular flexibility index (Phi) is 7.57. The molecule has 0 saturated carbocycles. The molecule has 13 heteroatoms. The van der Waals surface area contributed by atoms with E-state index in [0.717, 1.165) is 39.1 Å². The fourth-order valence-corrected chi connectivity index (χ4v) is 9.04. The summed E-state index contributed by atoms with van der Waals surface area (Å²) in [7, 11) is 1.38. The van der Waals surface area contributed by atoms with E-state index in [-0.39, 0.29) is 35.8 Å². The van der Waals surface area contributed by atoms with Crippen molar-refractivity contribution in [2.45, 2.75) is 57.3 Å². The van der Waals surface area contributed by atoms with Gasteiger partial charge in [-0.1, -0.05) is 18.2 Å². The van der Waals surface area contributed by atoms with Gasteiger partial charge in [0.25, 0.3) is 5.91 Å². The number of fused-ring (bicyclic) bond motifs is 5. The van der Waals surface area contributed by atoms with Gasteiger partial charge in [0.1, 0.15) is 17.8 Å². The summed E-state index contributed by atoms with van der Waals surface area (Å²) < 4.78 is 56.0. The Labute approximate surface area is 294 Å². The lowest BCUT2D eigenvalue weighted by Gasteiger charge is -2.18. The summed E-state index contributed by atoms with van der Waals surface area (Å²) in [5.74, 6) is 0.224. The lowest BCUT2D eigenvalue weighted by atomic mass is 9.93. The van der Waals surface area contributed by atoms with Gasteiger partial charge in [-0.2, -0.15) is 0 Å². The summed E-state index contributed by atoms with van der Waals surface area (Å²) in [6.45, 7) is 2.36. The van der Waals surface area contributed by atoms with Crippen LogP contribution in [0.3, 0.4) is 0 Å². The lowest BCUT2D eigenvalue weighted by Crippen LogP contribution is -2.22. The SMILES string of the molecule is COc1c(F)ccc2c1CC(F)C2Nc1nccc2cc(-c3c4c(nc(CCc5ccc(F)cc5)c3-c3nnc(C)o3)C3CCCN3C4=O)sc12. The number of alkyl halides is 1. The van der Waals surface area contributed by atoms with E-state index >= 15 is 4.39 Å². The first-order valence-electron chi connectivity index (χ1n) is 16.9. The maximum Gasteiger partial charge on any atom is 0.257 e. The average Bonchev–Trinajstić information content (AvgIpc) is 3.96. The van der Waals surface area contributed by atoms with E-state index in [9.17, 15) is 13.6 Å². The predicted molar refractivity (Wildman–Crippen MR) is 186 cm³/mol. The molecule has 0 radical (unpaired) electrons. The van der Waals surface area contributed by atoms with Crippen molar-refractivity contribution >= 4 is 33.1 Å². The summed E-state index contributed by atoms with van der Waals surface area (Å²) in [4.78, 5) is 26.7. The van der Waals surface area contributed by atoms with Gasteiger partial charge in [-0.3, -0.25) is 9.78 Å². The van der Waals surface area contributed by atoms with Gasteiger partial charge in [0.2, 0.25) is 11.8 Å². The Hall–Kier alpha value is -5.30. The molecule has 1 amide bonds. The fraction of sp³-hybridized carbons (Fsp3) is 0.289. The molecule has 2 aliphatic heterocycles. The molecule has 1 fully saturated rings. The molecule has 3 unspecified atom stereocenters.